The Morgan fingerprint density at radius 3 is 2.03 bits per heavy atom. The number of rotatable bonds is 3. The van der Waals surface area contributed by atoms with Gasteiger partial charge in [-0.15, -0.1) is 11.3 Å². The van der Waals surface area contributed by atoms with Crippen LogP contribution in [0.5, 0.6) is 0 Å². The molecule has 6 rings (SSSR count). The fourth-order valence-corrected chi connectivity index (χ4v) is 5.35. The van der Waals surface area contributed by atoms with Crippen molar-refractivity contribution in [1.29, 1.82) is 0 Å². The smallest absolute Gasteiger partial charge is 0.161 e. The fourth-order valence-electron chi connectivity index (χ4n) is 4.02. The first-order valence-corrected chi connectivity index (χ1v) is 11.6. The zero-order chi connectivity index (χ0) is 21.5. The van der Waals surface area contributed by atoms with E-state index < -0.39 is 0 Å². The van der Waals surface area contributed by atoms with Gasteiger partial charge in [0, 0.05) is 41.9 Å². The summed E-state index contributed by atoms with van der Waals surface area (Å²) in [5.41, 5.74) is 4.91. The second kappa shape index (κ2) is 7.86. The van der Waals surface area contributed by atoms with Gasteiger partial charge in [0.05, 0.1) is 11.4 Å². The van der Waals surface area contributed by atoms with Crippen molar-refractivity contribution in [3.63, 3.8) is 0 Å². The van der Waals surface area contributed by atoms with E-state index in [2.05, 4.69) is 54.6 Å². The highest BCUT2D eigenvalue weighted by Gasteiger charge is 2.15. The lowest BCUT2D eigenvalue weighted by atomic mass is 10.1. The Hall–Kier alpha value is -3.53. The van der Waals surface area contributed by atoms with Crippen molar-refractivity contribution in [1.82, 2.24) is 9.97 Å². The van der Waals surface area contributed by atoms with Crippen LogP contribution in [-0.4, -0.2) is 9.97 Å². The summed E-state index contributed by atoms with van der Waals surface area (Å²) in [6.07, 6.45) is 0. The lowest BCUT2D eigenvalue weighted by Gasteiger charge is -2.10. The Labute approximate surface area is 194 Å². The van der Waals surface area contributed by atoms with Crippen LogP contribution in [0.2, 0.25) is 5.02 Å². The van der Waals surface area contributed by atoms with Crippen LogP contribution < -0.4 is 0 Å². The summed E-state index contributed by atoms with van der Waals surface area (Å²) in [5, 5.41) is 3.22. The van der Waals surface area contributed by atoms with Gasteiger partial charge in [0.2, 0.25) is 0 Å². The molecule has 0 N–H and O–H groups in total. The first-order valence-electron chi connectivity index (χ1n) is 10.4. The highest BCUT2D eigenvalue weighted by molar-refractivity contribution is 7.26. The summed E-state index contributed by atoms with van der Waals surface area (Å²) in [5.74, 6) is 0.730. The molecule has 2 heterocycles. The summed E-state index contributed by atoms with van der Waals surface area (Å²) >= 11 is 7.92. The van der Waals surface area contributed by atoms with Gasteiger partial charge in [0.15, 0.2) is 5.82 Å². The minimum Gasteiger partial charge on any atom is -0.228 e. The average Bonchev–Trinajstić information content (AvgIpc) is 3.24. The van der Waals surface area contributed by atoms with Crippen molar-refractivity contribution in [2.75, 3.05) is 0 Å². The summed E-state index contributed by atoms with van der Waals surface area (Å²) in [4.78, 5) is 10.0. The number of thiophene rings is 1. The van der Waals surface area contributed by atoms with E-state index in [1.54, 1.807) is 11.3 Å². The third kappa shape index (κ3) is 3.36. The Kier molecular flexibility index (Phi) is 4.71. The van der Waals surface area contributed by atoms with Crippen molar-refractivity contribution in [2.24, 2.45) is 0 Å². The van der Waals surface area contributed by atoms with E-state index in [9.17, 15) is 0 Å². The summed E-state index contributed by atoms with van der Waals surface area (Å²) in [6, 6.07) is 35.0. The van der Waals surface area contributed by atoms with Gasteiger partial charge in [-0.2, -0.15) is 0 Å². The van der Waals surface area contributed by atoms with Crippen LogP contribution in [0.1, 0.15) is 0 Å². The van der Waals surface area contributed by atoms with Gasteiger partial charge in [-0.05, 0) is 30.3 Å². The van der Waals surface area contributed by atoms with Crippen LogP contribution in [-0.2, 0) is 0 Å². The van der Waals surface area contributed by atoms with E-state index in [1.165, 1.54) is 20.2 Å². The van der Waals surface area contributed by atoms with Crippen molar-refractivity contribution >= 4 is 43.1 Å². The SMILES string of the molecule is Clc1ccc(-c2cc(-c3ccccc3)nc(-c3cccc4c3sc3ccccc34)n2)cc1. The number of nitrogens with zero attached hydrogens (tertiary/aromatic N) is 2. The number of aromatic nitrogens is 2. The number of halogens is 1. The molecule has 0 fully saturated rings. The maximum Gasteiger partial charge on any atom is 0.161 e. The third-order valence-corrected chi connectivity index (χ3v) is 7.05. The Morgan fingerprint density at radius 2 is 1.25 bits per heavy atom. The van der Waals surface area contributed by atoms with Gasteiger partial charge in [-0.1, -0.05) is 84.4 Å². The molecule has 0 aliphatic rings. The third-order valence-electron chi connectivity index (χ3n) is 5.58. The molecular weight excluding hydrogens is 432 g/mol. The normalized spacial score (nSPS) is 11.3. The first-order chi connectivity index (χ1) is 15.8. The minimum absolute atomic E-state index is 0.710. The highest BCUT2D eigenvalue weighted by atomic mass is 35.5. The molecule has 4 aromatic carbocycles. The van der Waals surface area contributed by atoms with E-state index in [4.69, 9.17) is 21.6 Å². The molecule has 152 valence electrons. The minimum atomic E-state index is 0.710. The lowest BCUT2D eigenvalue weighted by Crippen LogP contribution is -1.96. The second-order valence-electron chi connectivity index (χ2n) is 7.62. The lowest BCUT2D eigenvalue weighted by molar-refractivity contribution is 1.19. The maximum absolute atomic E-state index is 6.13. The molecule has 0 saturated carbocycles. The molecule has 2 aromatic heterocycles. The van der Waals surface area contributed by atoms with Crippen molar-refractivity contribution < 1.29 is 0 Å². The number of hydrogen-bond acceptors (Lipinski definition) is 3. The zero-order valence-electron chi connectivity index (χ0n) is 17.0. The van der Waals surface area contributed by atoms with Gasteiger partial charge in [0.1, 0.15) is 0 Å². The second-order valence-corrected chi connectivity index (χ2v) is 9.10. The van der Waals surface area contributed by atoms with Gasteiger partial charge in [0.25, 0.3) is 0 Å². The van der Waals surface area contributed by atoms with Gasteiger partial charge in [-0.3, -0.25) is 0 Å². The molecule has 0 unspecified atom stereocenters. The van der Waals surface area contributed by atoms with Crippen LogP contribution in [0.4, 0.5) is 0 Å². The Bertz CT molecular complexity index is 1570. The summed E-state index contributed by atoms with van der Waals surface area (Å²) in [6.45, 7) is 0. The molecule has 0 aliphatic carbocycles. The monoisotopic (exact) mass is 448 g/mol. The molecule has 0 spiro atoms. The molecule has 0 bridgehead atoms. The van der Waals surface area contributed by atoms with Gasteiger partial charge in [-0.25, -0.2) is 9.97 Å². The Balaban J connectivity index is 1.62. The van der Waals surface area contributed by atoms with Crippen LogP contribution in [0, 0.1) is 0 Å². The van der Waals surface area contributed by atoms with Crippen LogP contribution in [0.25, 0.3) is 54.1 Å². The molecule has 0 atom stereocenters. The van der Waals surface area contributed by atoms with E-state index in [1.807, 2.05) is 48.5 Å². The Morgan fingerprint density at radius 1 is 0.594 bits per heavy atom. The van der Waals surface area contributed by atoms with Crippen molar-refractivity contribution in [3.8, 4) is 33.9 Å². The molecular formula is C28H17ClN2S. The number of fused-ring (bicyclic) bond motifs is 3. The molecule has 2 nitrogen and oxygen atoms in total. The predicted molar refractivity (Wildman–Crippen MR) is 136 cm³/mol. The van der Waals surface area contributed by atoms with Gasteiger partial charge >= 0.3 is 0 Å². The topological polar surface area (TPSA) is 25.8 Å². The zero-order valence-corrected chi connectivity index (χ0v) is 18.6. The van der Waals surface area contributed by atoms with Crippen molar-refractivity contribution in [2.45, 2.75) is 0 Å². The largest absolute Gasteiger partial charge is 0.228 e. The van der Waals surface area contributed by atoms with Crippen LogP contribution in [0.15, 0.2) is 103 Å². The quantitative estimate of drug-likeness (QED) is 0.271. The van der Waals surface area contributed by atoms with E-state index in [0.717, 1.165) is 33.9 Å². The highest BCUT2D eigenvalue weighted by Crippen LogP contribution is 2.39. The molecule has 0 amide bonds. The fraction of sp³-hybridized carbons (Fsp3) is 0. The molecule has 6 aromatic rings. The van der Waals surface area contributed by atoms with Crippen LogP contribution in [0.3, 0.4) is 0 Å². The number of hydrogen-bond donors (Lipinski definition) is 0. The maximum atomic E-state index is 6.13. The number of benzene rings is 4. The summed E-state index contributed by atoms with van der Waals surface area (Å²) < 4.78 is 2.48. The van der Waals surface area contributed by atoms with Crippen LogP contribution >= 0.6 is 22.9 Å². The summed E-state index contributed by atoms with van der Waals surface area (Å²) in [7, 11) is 0. The van der Waals surface area contributed by atoms with Gasteiger partial charge < -0.3 is 0 Å². The van der Waals surface area contributed by atoms with E-state index in [-0.39, 0.29) is 0 Å². The molecule has 0 saturated heterocycles. The first kappa shape index (κ1) is 19.2. The van der Waals surface area contributed by atoms with Crippen molar-refractivity contribution in [3.05, 3.63) is 108 Å². The average molecular weight is 449 g/mol. The standard InChI is InChI=1S/C28H17ClN2S/c29-20-15-13-19(14-16-20)25-17-24(18-7-2-1-3-8-18)30-28(31-25)23-11-6-10-22-21-9-4-5-12-26(21)32-27(22)23/h1-17H. The predicted octanol–water partition coefficient (Wildman–Crippen LogP) is 8.50. The molecule has 32 heavy (non-hydrogen) atoms. The molecule has 0 radical (unpaired) electrons. The van der Waals surface area contributed by atoms with E-state index >= 15 is 0 Å². The molecule has 0 aliphatic heterocycles. The molecule has 4 heteroatoms. The van der Waals surface area contributed by atoms with E-state index in [0.29, 0.717) is 5.02 Å².